The molecule has 1 fully saturated rings. The first-order valence-electron chi connectivity index (χ1n) is 10.3. The van der Waals surface area contributed by atoms with E-state index in [4.69, 9.17) is 0 Å². The van der Waals surface area contributed by atoms with Gasteiger partial charge in [0, 0.05) is 49.1 Å². The van der Waals surface area contributed by atoms with Gasteiger partial charge < -0.3 is 15.1 Å². The Labute approximate surface area is 178 Å². The highest BCUT2D eigenvalue weighted by atomic mass is 16.2. The van der Waals surface area contributed by atoms with Crippen LogP contribution < -0.4 is 5.32 Å². The van der Waals surface area contributed by atoms with E-state index in [0.29, 0.717) is 24.1 Å². The number of nitrogens with one attached hydrogen (secondary N) is 1. The molecule has 1 N–H and O–H groups in total. The minimum Gasteiger partial charge on any atom is -0.339 e. The molecule has 1 amide bonds. The van der Waals surface area contributed by atoms with Crippen molar-refractivity contribution >= 4 is 17.7 Å². The van der Waals surface area contributed by atoms with E-state index in [1.54, 1.807) is 6.08 Å². The number of likely N-dealkylation sites (tertiary alicyclic amines) is 1. The molecule has 160 valence electrons. The van der Waals surface area contributed by atoms with Crippen LogP contribution in [0.4, 0.5) is 11.8 Å². The fourth-order valence-electron chi connectivity index (χ4n) is 3.65. The van der Waals surface area contributed by atoms with Gasteiger partial charge in [0.15, 0.2) is 0 Å². The van der Waals surface area contributed by atoms with Gasteiger partial charge in [0.25, 0.3) is 0 Å². The molecule has 1 saturated heterocycles. The topological polar surface area (TPSA) is 87.1 Å². The van der Waals surface area contributed by atoms with Gasteiger partial charge in [0.1, 0.15) is 11.6 Å². The molecule has 2 aromatic rings. The van der Waals surface area contributed by atoms with Crippen molar-refractivity contribution in [2.75, 3.05) is 39.0 Å². The number of carbonyl (C=O) groups excluding carboxylic acids is 1. The Bertz CT molecular complexity index is 905. The van der Waals surface area contributed by atoms with Crippen LogP contribution in [0.5, 0.6) is 0 Å². The molecule has 0 bridgehead atoms. The number of piperidine rings is 1. The van der Waals surface area contributed by atoms with Crippen molar-refractivity contribution in [1.29, 1.82) is 0 Å². The number of aromatic nitrogens is 4. The number of hydrogen-bond donors (Lipinski definition) is 1. The number of rotatable bonds is 6. The molecule has 1 aliphatic heterocycles. The van der Waals surface area contributed by atoms with Crippen LogP contribution in [0.25, 0.3) is 0 Å². The molecule has 3 heterocycles. The fourth-order valence-corrected chi connectivity index (χ4v) is 3.65. The molecule has 0 spiro atoms. The van der Waals surface area contributed by atoms with E-state index in [-0.39, 0.29) is 11.8 Å². The van der Waals surface area contributed by atoms with Gasteiger partial charge in [-0.05, 0) is 53.8 Å². The zero-order chi connectivity index (χ0) is 21.7. The Kier molecular flexibility index (Phi) is 7.10. The molecule has 1 aliphatic rings. The fraction of sp³-hybridized carbons (Fsp3) is 0.500. The number of aryl methyl sites for hydroxylation is 3. The van der Waals surface area contributed by atoms with Gasteiger partial charge in [0.05, 0.1) is 5.69 Å². The van der Waals surface area contributed by atoms with E-state index < -0.39 is 0 Å². The third-order valence-corrected chi connectivity index (χ3v) is 4.96. The molecule has 0 saturated carbocycles. The second-order valence-electron chi connectivity index (χ2n) is 8.11. The van der Waals surface area contributed by atoms with Crippen molar-refractivity contribution in [3.63, 3.8) is 0 Å². The Morgan fingerprint density at radius 1 is 1.17 bits per heavy atom. The molecule has 0 radical (unpaired) electrons. The molecular formula is C22H31N7O. The zero-order valence-electron chi connectivity index (χ0n) is 18.5. The highest BCUT2D eigenvalue weighted by Gasteiger charge is 2.25. The maximum Gasteiger partial charge on any atom is 0.246 e. The molecule has 30 heavy (non-hydrogen) atoms. The molecule has 1 atom stereocenters. The minimum absolute atomic E-state index is 0.0642. The SMILES string of the molecule is Cc1cc(C)nc(Nc2cc([C@@H]3CCCN(C(=O)/C=C/CN(C)C)C3)nc(C)n2)n1. The third-order valence-electron chi connectivity index (χ3n) is 4.96. The second-order valence-corrected chi connectivity index (χ2v) is 8.11. The Balaban J connectivity index is 1.73. The summed E-state index contributed by atoms with van der Waals surface area (Å²) in [7, 11) is 3.97. The van der Waals surface area contributed by atoms with E-state index in [0.717, 1.165) is 43.0 Å². The average molecular weight is 410 g/mol. The smallest absolute Gasteiger partial charge is 0.246 e. The highest BCUT2D eigenvalue weighted by Crippen LogP contribution is 2.27. The number of amides is 1. The molecule has 2 aromatic heterocycles. The van der Waals surface area contributed by atoms with Crippen molar-refractivity contribution < 1.29 is 4.79 Å². The maximum absolute atomic E-state index is 12.6. The normalized spacial score (nSPS) is 17.0. The monoisotopic (exact) mass is 409 g/mol. The summed E-state index contributed by atoms with van der Waals surface area (Å²) in [4.78, 5) is 34.5. The van der Waals surface area contributed by atoms with E-state index in [9.17, 15) is 4.79 Å². The van der Waals surface area contributed by atoms with Gasteiger partial charge in [-0.2, -0.15) is 0 Å². The Morgan fingerprint density at radius 2 is 1.90 bits per heavy atom. The first kappa shape index (κ1) is 21.8. The van der Waals surface area contributed by atoms with Crippen LogP contribution in [0.2, 0.25) is 0 Å². The number of carbonyl (C=O) groups is 1. The molecule has 8 nitrogen and oxygen atoms in total. The lowest BCUT2D eigenvalue weighted by Gasteiger charge is -2.32. The summed E-state index contributed by atoms with van der Waals surface area (Å²) in [6, 6.07) is 3.89. The van der Waals surface area contributed by atoms with Crippen LogP contribution in [-0.2, 0) is 4.79 Å². The second kappa shape index (κ2) is 9.75. The van der Waals surface area contributed by atoms with Crippen molar-refractivity contribution in [2.24, 2.45) is 0 Å². The van der Waals surface area contributed by atoms with Crippen molar-refractivity contribution in [1.82, 2.24) is 29.7 Å². The van der Waals surface area contributed by atoms with E-state index in [2.05, 4.69) is 25.3 Å². The highest BCUT2D eigenvalue weighted by molar-refractivity contribution is 5.87. The van der Waals surface area contributed by atoms with Crippen LogP contribution in [-0.4, -0.2) is 69.4 Å². The first-order chi connectivity index (χ1) is 14.3. The summed E-state index contributed by atoms with van der Waals surface area (Å²) in [5, 5.41) is 3.21. The summed E-state index contributed by atoms with van der Waals surface area (Å²) >= 11 is 0. The number of hydrogen-bond acceptors (Lipinski definition) is 7. The molecule has 0 unspecified atom stereocenters. The van der Waals surface area contributed by atoms with Gasteiger partial charge in [0.2, 0.25) is 11.9 Å². The number of nitrogens with zero attached hydrogens (tertiary/aromatic N) is 6. The first-order valence-corrected chi connectivity index (χ1v) is 10.3. The van der Waals surface area contributed by atoms with E-state index in [1.165, 1.54) is 0 Å². The zero-order valence-corrected chi connectivity index (χ0v) is 18.5. The van der Waals surface area contributed by atoms with Crippen LogP contribution in [0.1, 0.15) is 41.7 Å². The number of anilines is 2. The molecule has 8 heteroatoms. The summed E-state index contributed by atoms with van der Waals surface area (Å²) < 4.78 is 0. The van der Waals surface area contributed by atoms with Gasteiger partial charge in [-0.3, -0.25) is 4.79 Å². The average Bonchev–Trinajstić information content (AvgIpc) is 2.66. The predicted molar refractivity (Wildman–Crippen MR) is 118 cm³/mol. The predicted octanol–water partition coefficient (Wildman–Crippen LogP) is 2.76. The van der Waals surface area contributed by atoms with Gasteiger partial charge in [-0.25, -0.2) is 19.9 Å². The summed E-state index contributed by atoms with van der Waals surface area (Å²) in [6.07, 6.45) is 5.55. The molecule has 3 rings (SSSR count). The van der Waals surface area contributed by atoms with Crippen molar-refractivity contribution in [3.8, 4) is 0 Å². The van der Waals surface area contributed by atoms with Crippen molar-refractivity contribution in [3.05, 3.63) is 47.2 Å². The molecule has 0 aromatic carbocycles. The third kappa shape index (κ3) is 6.06. The summed E-state index contributed by atoms with van der Waals surface area (Å²) in [5.74, 6) is 2.15. The van der Waals surface area contributed by atoms with Crippen LogP contribution in [0, 0.1) is 20.8 Å². The summed E-state index contributed by atoms with van der Waals surface area (Å²) in [6.45, 7) is 7.97. The largest absolute Gasteiger partial charge is 0.339 e. The molecular weight excluding hydrogens is 378 g/mol. The number of likely N-dealkylation sites (N-methyl/N-ethyl adjacent to an activating group) is 1. The van der Waals surface area contributed by atoms with E-state index >= 15 is 0 Å². The lowest BCUT2D eigenvalue weighted by Crippen LogP contribution is -2.38. The summed E-state index contributed by atoms with van der Waals surface area (Å²) in [5.41, 5.74) is 2.75. The lowest BCUT2D eigenvalue weighted by molar-refractivity contribution is -0.127. The Morgan fingerprint density at radius 3 is 2.60 bits per heavy atom. The van der Waals surface area contributed by atoms with Gasteiger partial charge in [-0.15, -0.1) is 0 Å². The Hall–Kier alpha value is -2.87. The van der Waals surface area contributed by atoms with Crippen LogP contribution >= 0.6 is 0 Å². The van der Waals surface area contributed by atoms with Crippen molar-refractivity contribution in [2.45, 2.75) is 39.5 Å². The standard InChI is InChI=1S/C22H31N7O/c1-15-12-16(2)24-22(23-15)27-20-13-19(25-17(3)26-20)18-8-6-11-29(14-18)21(30)9-7-10-28(4)5/h7,9,12-13,18H,6,8,10-11,14H2,1-5H3,(H,23,24,25,26,27)/b9-7+/t18-/m1/s1. The maximum atomic E-state index is 12.6. The van der Waals surface area contributed by atoms with E-state index in [1.807, 2.05) is 62.9 Å². The lowest BCUT2D eigenvalue weighted by atomic mass is 9.94. The molecule has 0 aliphatic carbocycles. The minimum atomic E-state index is 0.0642. The van der Waals surface area contributed by atoms with Gasteiger partial charge in [-0.1, -0.05) is 6.08 Å². The quantitative estimate of drug-likeness (QED) is 0.734. The van der Waals surface area contributed by atoms with Crippen LogP contribution in [0.15, 0.2) is 24.3 Å². The van der Waals surface area contributed by atoms with Gasteiger partial charge >= 0.3 is 0 Å². The van der Waals surface area contributed by atoms with Crippen LogP contribution in [0.3, 0.4) is 0 Å².